The normalized spacial score (nSPS) is 13.5. The molecule has 0 unspecified atom stereocenters. The van der Waals surface area contributed by atoms with Crippen molar-refractivity contribution in [3.05, 3.63) is 107 Å². The zero-order chi connectivity index (χ0) is 22.7. The van der Waals surface area contributed by atoms with Crippen molar-refractivity contribution in [1.29, 1.82) is 0 Å². The second-order valence-electron chi connectivity index (χ2n) is 9.64. The van der Waals surface area contributed by atoms with Crippen molar-refractivity contribution >= 4 is 38.6 Å². The molecule has 0 bridgehead atoms. The third-order valence-corrected chi connectivity index (χ3v) is 7.94. The molecule has 0 aliphatic heterocycles. The van der Waals surface area contributed by atoms with Gasteiger partial charge in [-0.1, -0.05) is 48.5 Å². The summed E-state index contributed by atoms with van der Waals surface area (Å²) in [5, 5.41) is 2.20. The first-order valence-corrected chi connectivity index (χ1v) is 12.1. The smallest absolute Gasteiger partial charge is 0.166 e. The summed E-state index contributed by atoms with van der Waals surface area (Å²) in [6.07, 6.45) is 5.63. The monoisotopic (exact) mass is 446 g/mol. The fourth-order valence-corrected chi connectivity index (χ4v) is 6.53. The summed E-state index contributed by atoms with van der Waals surface area (Å²) in [6.45, 7) is 0. The molecule has 0 amide bonds. The predicted octanol–water partition coefficient (Wildman–Crippen LogP) is 6.73. The van der Waals surface area contributed by atoms with E-state index in [2.05, 4.69) is 65.1 Å². The summed E-state index contributed by atoms with van der Waals surface area (Å²) in [4.78, 5) is 14.7. The molecule has 0 atom stereocenters. The van der Waals surface area contributed by atoms with Crippen LogP contribution in [0.2, 0.25) is 0 Å². The van der Waals surface area contributed by atoms with Gasteiger partial charge in [0.25, 0.3) is 0 Å². The number of hydrogen-bond acceptors (Lipinski definition) is 3. The average Bonchev–Trinajstić information content (AvgIpc) is 3.59. The molecule has 4 heterocycles. The Morgan fingerprint density at radius 3 is 2.40 bits per heavy atom. The molecule has 0 radical (unpaired) electrons. The van der Waals surface area contributed by atoms with E-state index in [4.69, 9.17) is 15.0 Å². The number of imidazole rings is 1. The van der Waals surface area contributed by atoms with Gasteiger partial charge < -0.3 is 0 Å². The molecule has 162 valence electrons. The predicted molar refractivity (Wildman–Crippen MR) is 140 cm³/mol. The summed E-state index contributed by atoms with van der Waals surface area (Å²) in [5.74, 6) is 0. The second kappa shape index (κ2) is 6.10. The fraction of sp³-hybridized carbons (Fsp3) is 0.0645. The van der Waals surface area contributed by atoms with E-state index in [1.807, 2.05) is 24.5 Å². The van der Waals surface area contributed by atoms with E-state index in [9.17, 15) is 0 Å². The number of aromatic nitrogens is 4. The highest BCUT2D eigenvalue weighted by Gasteiger charge is 2.30. The molecule has 4 aromatic heterocycles. The van der Waals surface area contributed by atoms with E-state index >= 15 is 0 Å². The van der Waals surface area contributed by atoms with Crippen LogP contribution in [0.1, 0.15) is 22.3 Å². The molecule has 0 spiro atoms. The Balaban J connectivity index is 1.42. The van der Waals surface area contributed by atoms with Gasteiger partial charge in [0.05, 0.1) is 11.0 Å². The van der Waals surface area contributed by atoms with Crippen molar-refractivity contribution in [3.63, 3.8) is 0 Å². The van der Waals surface area contributed by atoms with Crippen LogP contribution in [0.4, 0.5) is 0 Å². The highest BCUT2D eigenvalue weighted by Crippen LogP contribution is 2.49. The maximum atomic E-state index is 5.10. The number of pyridine rings is 3. The lowest BCUT2D eigenvalue weighted by Gasteiger charge is -2.10. The van der Waals surface area contributed by atoms with Gasteiger partial charge in [0.15, 0.2) is 5.65 Å². The minimum absolute atomic E-state index is 0.879. The van der Waals surface area contributed by atoms with Crippen molar-refractivity contribution in [3.8, 4) is 22.3 Å². The minimum Gasteiger partial charge on any atom is -0.274 e. The lowest BCUT2D eigenvalue weighted by Crippen LogP contribution is -1.96. The van der Waals surface area contributed by atoms with Gasteiger partial charge in [-0.3, -0.25) is 9.38 Å². The van der Waals surface area contributed by atoms with E-state index < -0.39 is 0 Å². The van der Waals surface area contributed by atoms with Gasteiger partial charge in [-0.2, -0.15) is 0 Å². The van der Waals surface area contributed by atoms with Crippen LogP contribution in [0, 0.1) is 0 Å². The van der Waals surface area contributed by atoms with E-state index in [0.29, 0.717) is 0 Å². The maximum Gasteiger partial charge on any atom is 0.166 e. The third-order valence-electron chi connectivity index (χ3n) is 7.94. The van der Waals surface area contributed by atoms with Crippen LogP contribution in [0.5, 0.6) is 0 Å². The third kappa shape index (κ3) is 2.11. The number of fused-ring (bicyclic) bond motifs is 16. The van der Waals surface area contributed by atoms with Crippen LogP contribution in [-0.4, -0.2) is 19.4 Å². The second-order valence-corrected chi connectivity index (χ2v) is 9.64. The first-order valence-electron chi connectivity index (χ1n) is 12.1. The lowest BCUT2D eigenvalue weighted by atomic mass is 9.95. The molecular weight excluding hydrogens is 428 g/mol. The van der Waals surface area contributed by atoms with Gasteiger partial charge in [0.1, 0.15) is 11.2 Å². The molecule has 2 aliphatic carbocycles. The van der Waals surface area contributed by atoms with Gasteiger partial charge in [-0.25, -0.2) is 9.97 Å². The summed E-state index contributed by atoms with van der Waals surface area (Å²) in [5.41, 5.74) is 16.1. The zero-order valence-electron chi connectivity index (χ0n) is 18.8. The van der Waals surface area contributed by atoms with Crippen molar-refractivity contribution in [2.24, 2.45) is 0 Å². The van der Waals surface area contributed by atoms with Crippen LogP contribution in [0.3, 0.4) is 0 Å². The number of nitrogens with zero attached hydrogens (tertiary/aromatic N) is 4. The molecule has 0 fully saturated rings. The maximum absolute atomic E-state index is 5.10. The summed E-state index contributed by atoms with van der Waals surface area (Å²) >= 11 is 0. The standard InChI is InChI=1S/C31H18N4/c1-2-6-19-17(5-1)15-24-20(19)10-9-18-16-25-21(27(18)24)11-12-26-29(25)35-30-23(8-4-14-33-30)22-7-3-13-32-28(22)31(35)34-26/h1-14H,15-16H2. The number of hydrogen-bond donors (Lipinski definition) is 0. The molecule has 2 aliphatic rings. The van der Waals surface area contributed by atoms with Gasteiger partial charge in [-0.05, 0) is 75.2 Å². The Hall–Kier alpha value is -4.57. The highest BCUT2D eigenvalue weighted by atomic mass is 15.1. The molecular formula is C31H18N4. The Labute approximate surface area is 200 Å². The zero-order valence-corrected chi connectivity index (χ0v) is 18.8. The van der Waals surface area contributed by atoms with Gasteiger partial charge in [0.2, 0.25) is 0 Å². The topological polar surface area (TPSA) is 43.1 Å². The molecule has 4 heteroatoms. The van der Waals surface area contributed by atoms with Crippen molar-refractivity contribution < 1.29 is 0 Å². The van der Waals surface area contributed by atoms with E-state index in [1.165, 1.54) is 44.5 Å². The van der Waals surface area contributed by atoms with E-state index in [1.54, 1.807) is 0 Å². The van der Waals surface area contributed by atoms with Crippen LogP contribution in [0.15, 0.2) is 85.2 Å². The van der Waals surface area contributed by atoms with Crippen molar-refractivity contribution in [1.82, 2.24) is 19.4 Å². The summed E-state index contributed by atoms with van der Waals surface area (Å²) in [7, 11) is 0. The van der Waals surface area contributed by atoms with Crippen molar-refractivity contribution in [2.45, 2.75) is 12.8 Å². The molecule has 0 saturated carbocycles. The molecule has 3 aromatic carbocycles. The van der Waals surface area contributed by atoms with Gasteiger partial charge >= 0.3 is 0 Å². The largest absolute Gasteiger partial charge is 0.274 e. The van der Waals surface area contributed by atoms with E-state index in [-0.39, 0.29) is 0 Å². The lowest BCUT2D eigenvalue weighted by molar-refractivity contribution is 1.19. The van der Waals surface area contributed by atoms with Crippen LogP contribution < -0.4 is 0 Å². The fourth-order valence-electron chi connectivity index (χ4n) is 6.53. The van der Waals surface area contributed by atoms with Crippen LogP contribution in [0.25, 0.3) is 60.9 Å². The molecule has 0 N–H and O–H groups in total. The minimum atomic E-state index is 0.879. The van der Waals surface area contributed by atoms with Crippen molar-refractivity contribution in [2.75, 3.05) is 0 Å². The van der Waals surface area contributed by atoms with Crippen LogP contribution in [-0.2, 0) is 12.8 Å². The Morgan fingerprint density at radius 1 is 0.600 bits per heavy atom. The highest BCUT2D eigenvalue weighted by molar-refractivity contribution is 6.12. The summed E-state index contributed by atoms with van der Waals surface area (Å²) < 4.78 is 2.25. The quantitative estimate of drug-likeness (QED) is 0.243. The first-order chi connectivity index (χ1) is 17.4. The molecule has 7 aromatic rings. The van der Waals surface area contributed by atoms with E-state index in [0.717, 1.165) is 51.5 Å². The molecule has 9 rings (SSSR count). The van der Waals surface area contributed by atoms with Gasteiger partial charge in [-0.15, -0.1) is 0 Å². The van der Waals surface area contributed by atoms with Gasteiger partial charge in [0, 0.05) is 29.6 Å². The molecule has 35 heavy (non-hydrogen) atoms. The number of benzene rings is 3. The molecule has 0 saturated heterocycles. The SMILES string of the molecule is c1ccc2c(c1)Cc1c-2ccc2c1-c1ccc3nc4c5ncccc5c5cccnc5n4c3c1C2. The Kier molecular flexibility index (Phi) is 3.11. The Morgan fingerprint density at radius 2 is 1.43 bits per heavy atom. The summed E-state index contributed by atoms with van der Waals surface area (Å²) in [6, 6.07) is 26.2. The molecule has 4 nitrogen and oxygen atoms in total. The van der Waals surface area contributed by atoms with Crippen LogP contribution >= 0.6 is 0 Å². The first kappa shape index (κ1) is 17.8. The Bertz CT molecular complexity index is 2070. The average molecular weight is 447 g/mol. The number of rotatable bonds is 0.